The highest BCUT2D eigenvalue weighted by atomic mass is 35.5. The second-order valence-electron chi connectivity index (χ2n) is 8.92. The predicted molar refractivity (Wildman–Crippen MR) is 139 cm³/mol. The Morgan fingerprint density at radius 1 is 1.07 bits per heavy atom. The van der Waals surface area contributed by atoms with E-state index < -0.39 is 41.7 Å². The van der Waals surface area contributed by atoms with Crippen LogP contribution >= 0.6 is 23.2 Å². The molecular formula is C27H22Cl2F4N2O5. The number of carbonyl (C=O) groups excluding carboxylic acids is 2. The molecule has 1 heterocycles. The van der Waals surface area contributed by atoms with Gasteiger partial charge in [0.1, 0.15) is 17.3 Å². The third kappa shape index (κ3) is 5.96. The fraction of sp³-hybridized carbons (Fsp3) is 0.259. The standard InChI is InChI=1S/C27H22Cl2F4N2O5/c1-39-21-7-4-16(12-17(21)14-2-5-20(30)18(28)10-14)26(38,27(31,32)33)13-35-24(36)15-3-6-22(19(29)11-15)40-23-8-9-34-25(23)37/h2-7,10-12,23,38H,8-9,13H2,1H3,(H,34,37)(H,35,36)/t23-,26?/m1/s1. The molecule has 3 N–H and O–H groups in total. The summed E-state index contributed by atoms with van der Waals surface area (Å²) in [6.07, 6.45) is -5.54. The van der Waals surface area contributed by atoms with Crippen LogP contribution in [0, 0.1) is 5.82 Å². The molecule has 4 rings (SSSR count). The van der Waals surface area contributed by atoms with E-state index in [9.17, 15) is 32.3 Å². The van der Waals surface area contributed by atoms with Crippen LogP contribution in [-0.2, 0) is 10.4 Å². The second kappa shape index (κ2) is 11.5. The lowest BCUT2D eigenvalue weighted by atomic mass is 9.89. The fourth-order valence-electron chi connectivity index (χ4n) is 4.11. The van der Waals surface area contributed by atoms with Gasteiger partial charge >= 0.3 is 6.18 Å². The van der Waals surface area contributed by atoms with Gasteiger partial charge in [0.05, 0.1) is 23.7 Å². The van der Waals surface area contributed by atoms with E-state index in [1.165, 1.54) is 43.5 Å². The van der Waals surface area contributed by atoms with Crippen molar-refractivity contribution < 1.29 is 41.7 Å². The van der Waals surface area contributed by atoms with Crippen LogP contribution in [0.4, 0.5) is 17.6 Å². The summed E-state index contributed by atoms with van der Waals surface area (Å²) < 4.78 is 67.2. The molecule has 3 aromatic carbocycles. The number of carbonyl (C=O) groups is 2. The van der Waals surface area contributed by atoms with Crippen molar-refractivity contribution in [3.8, 4) is 22.6 Å². The molecule has 1 saturated heterocycles. The number of hydrogen-bond donors (Lipinski definition) is 3. The molecule has 13 heteroatoms. The number of rotatable bonds is 8. The third-order valence-corrected chi connectivity index (χ3v) is 6.93. The Labute approximate surface area is 236 Å². The number of hydrogen-bond acceptors (Lipinski definition) is 5. The van der Waals surface area contributed by atoms with Gasteiger partial charge in [-0.2, -0.15) is 13.2 Å². The highest BCUT2D eigenvalue weighted by molar-refractivity contribution is 6.32. The van der Waals surface area contributed by atoms with Crippen molar-refractivity contribution in [3.63, 3.8) is 0 Å². The lowest BCUT2D eigenvalue weighted by molar-refractivity contribution is -0.263. The van der Waals surface area contributed by atoms with Gasteiger partial charge in [0.2, 0.25) is 5.60 Å². The summed E-state index contributed by atoms with van der Waals surface area (Å²) in [5.41, 5.74) is -3.88. The zero-order chi connectivity index (χ0) is 29.2. The number of ether oxygens (including phenoxy) is 2. The average molecular weight is 601 g/mol. The first-order valence-electron chi connectivity index (χ1n) is 11.8. The molecular weight excluding hydrogens is 579 g/mol. The maximum Gasteiger partial charge on any atom is 0.423 e. The van der Waals surface area contributed by atoms with Gasteiger partial charge in [-0.25, -0.2) is 4.39 Å². The molecule has 0 aliphatic carbocycles. The van der Waals surface area contributed by atoms with E-state index in [0.717, 1.165) is 18.2 Å². The molecule has 1 fully saturated rings. The number of aliphatic hydroxyl groups is 1. The number of amides is 2. The molecule has 2 amide bonds. The fourth-order valence-corrected chi connectivity index (χ4v) is 4.51. The molecule has 3 aromatic rings. The first kappa shape index (κ1) is 29.4. The largest absolute Gasteiger partial charge is 0.496 e. The van der Waals surface area contributed by atoms with Crippen molar-refractivity contribution in [2.24, 2.45) is 0 Å². The summed E-state index contributed by atoms with van der Waals surface area (Å²) in [7, 11) is 1.30. The molecule has 1 unspecified atom stereocenters. The molecule has 2 atom stereocenters. The molecule has 7 nitrogen and oxygen atoms in total. The topological polar surface area (TPSA) is 96.9 Å². The maximum atomic E-state index is 14.2. The molecule has 0 spiro atoms. The molecule has 0 aromatic heterocycles. The van der Waals surface area contributed by atoms with Crippen LogP contribution in [0.2, 0.25) is 10.0 Å². The first-order chi connectivity index (χ1) is 18.8. The lowest BCUT2D eigenvalue weighted by Gasteiger charge is -2.32. The van der Waals surface area contributed by atoms with E-state index in [1.807, 2.05) is 0 Å². The minimum atomic E-state index is -5.22. The first-order valence-corrected chi connectivity index (χ1v) is 12.5. The number of benzene rings is 3. The van der Waals surface area contributed by atoms with Gasteiger partial charge in [-0.1, -0.05) is 35.3 Å². The quantitative estimate of drug-likeness (QED) is 0.307. The zero-order valence-corrected chi connectivity index (χ0v) is 22.3. The number of nitrogens with one attached hydrogen (secondary N) is 2. The van der Waals surface area contributed by atoms with Crippen molar-refractivity contribution in [1.29, 1.82) is 0 Å². The monoisotopic (exact) mass is 600 g/mol. The number of halogens is 6. The third-order valence-electron chi connectivity index (χ3n) is 6.34. The Hall–Kier alpha value is -3.54. The van der Waals surface area contributed by atoms with Gasteiger partial charge in [0, 0.05) is 24.1 Å². The smallest absolute Gasteiger partial charge is 0.423 e. The van der Waals surface area contributed by atoms with E-state index in [1.54, 1.807) is 0 Å². The maximum absolute atomic E-state index is 14.2. The molecule has 1 aliphatic rings. The van der Waals surface area contributed by atoms with Crippen molar-refractivity contribution in [2.75, 3.05) is 20.2 Å². The molecule has 212 valence electrons. The number of methoxy groups -OCH3 is 1. The Morgan fingerprint density at radius 3 is 2.40 bits per heavy atom. The highest BCUT2D eigenvalue weighted by Gasteiger charge is 2.55. The Bertz CT molecular complexity index is 1450. The summed E-state index contributed by atoms with van der Waals surface area (Å²) in [6.45, 7) is -0.805. The minimum absolute atomic E-state index is 0.0313. The van der Waals surface area contributed by atoms with Crippen LogP contribution in [0.3, 0.4) is 0 Å². The molecule has 40 heavy (non-hydrogen) atoms. The summed E-state index contributed by atoms with van der Waals surface area (Å²) >= 11 is 12.0. The van der Waals surface area contributed by atoms with Crippen LogP contribution in [-0.4, -0.2) is 49.4 Å². The predicted octanol–water partition coefficient (Wildman–Crippen LogP) is 5.26. The lowest BCUT2D eigenvalue weighted by Crippen LogP contribution is -2.51. The van der Waals surface area contributed by atoms with E-state index >= 15 is 0 Å². The SMILES string of the molecule is COc1ccc(C(O)(CNC(=O)c2ccc(O[C@@H]3CCNC3=O)c(Cl)c2)C(F)(F)F)cc1-c1ccc(F)c(Cl)c1. The van der Waals surface area contributed by atoms with Crippen molar-refractivity contribution in [2.45, 2.75) is 24.3 Å². The average Bonchev–Trinajstić information content (AvgIpc) is 3.32. The normalized spacial score (nSPS) is 16.7. The Kier molecular flexibility index (Phi) is 8.48. The van der Waals surface area contributed by atoms with Gasteiger partial charge in [-0.15, -0.1) is 0 Å². The van der Waals surface area contributed by atoms with Gasteiger partial charge < -0.3 is 25.2 Å². The van der Waals surface area contributed by atoms with Gasteiger partial charge in [-0.3, -0.25) is 9.59 Å². The van der Waals surface area contributed by atoms with Crippen LogP contribution < -0.4 is 20.1 Å². The van der Waals surface area contributed by atoms with Gasteiger partial charge in [0.15, 0.2) is 6.10 Å². The summed E-state index contributed by atoms with van der Waals surface area (Å²) in [5.74, 6) is -1.72. The van der Waals surface area contributed by atoms with E-state index in [0.29, 0.717) is 13.0 Å². The van der Waals surface area contributed by atoms with Crippen LogP contribution in [0.25, 0.3) is 11.1 Å². The summed E-state index contributed by atoms with van der Waals surface area (Å²) in [4.78, 5) is 24.5. The van der Waals surface area contributed by atoms with E-state index in [4.69, 9.17) is 32.7 Å². The van der Waals surface area contributed by atoms with Crippen molar-refractivity contribution in [3.05, 3.63) is 81.6 Å². The highest BCUT2D eigenvalue weighted by Crippen LogP contribution is 2.42. The Morgan fingerprint density at radius 2 is 1.80 bits per heavy atom. The summed E-state index contributed by atoms with van der Waals surface area (Å²) in [5, 5.41) is 15.3. The zero-order valence-electron chi connectivity index (χ0n) is 20.7. The number of alkyl halides is 3. The molecule has 0 saturated carbocycles. The van der Waals surface area contributed by atoms with E-state index in [-0.39, 0.29) is 44.1 Å². The Balaban J connectivity index is 1.58. The van der Waals surface area contributed by atoms with Gasteiger partial charge in [0.25, 0.3) is 11.8 Å². The van der Waals surface area contributed by atoms with Crippen molar-refractivity contribution >= 4 is 35.0 Å². The van der Waals surface area contributed by atoms with Crippen LogP contribution in [0.15, 0.2) is 54.6 Å². The minimum Gasteiger partial charge on any atom is -0.496 e. The van der Waals surface area contributed by atoms with Crippen LogP contribution in [0.5, 0.6) is 11.5 Å². The summed E-state index contributed by atoms with van der Waals surface area (Å²) in [6, 6.07) is 10.6. The van der Waals surface area contributed by atoms with E-state index in [2.05, 4.69) is 10.6 Å². The van der Waals surface area contributed by atoms with Crippen LogP contribution in [0.1, 0.15) is 22.3 Å². The molecule has 0 bridgehead atoms. The van der Waals surface area contributed by atoms with Crippen molar-refractivity contribution in [1.82, 2.24) is 10.6 Å². The van der Waals surface area contributed by atoms with Gasteiger partial charge in [-0.05, 0) is 53.6 Å². The molecule has 1 aliphatic heterocycles. The second-order valence-corrected chi connectivity index (χ2v) is 9.73. The molecule has 0 radical (unpaired) electrons.